The van der Waals surface area contributed by atoms with Gasteiger partial charge >= 0.3 is 0 Å². The number of benzene rings is 2. The lowest BCUT2D eigenvalue weighted by Crippen LogP contribution is -2.28. The molecule has 0 unspecified atom stereocenters. The highest BCUT2D eigenvalue weighted by atomic mass is 32.2. The lowest BCUT2D eigenvalue weighted by Gasteiger charge is -2.15. The van der Waals surface area contributed by atoms with Crippen molar-refractivity contribution < 1.29 is 0 Å². The van der Waals surface area contributed by atoms with Gasteiger partial charge in [0.15, 0.2) is 5.16 Å². The van der Waals surface area contributed by atoms with Crippen LogP contribution in [0.2, 0.25) is 0 Å². The molecule has 26 heavy (non-hydrogen) atoms. The quantitative estimate of drug-likeness (QED) is 0.497. The molecule has 0 N–H and O–H groups in total. The summed E-state index contributed by atoms with van der Waals surface area (Å²) in [5, 5.41) is 10.4. The third kappa shape index (κ3) is 4.13. The molecular formula is C20H20N4OS. The molecular weight excluding hydrogens is 344 g/mol. The largest absolute Gasteiger partial charge is 0.308 e. The van der Waals surface area contributed by atoms with Crippen LogP contribution in [0.5, 0.6) is 0 Å². The van der Waals surface area contributed by atoms with Crippen LogP contribution in [0.1, 0.15) is 11.1 Å². The number of para-hydroxylation sites is 1. The van der Waals surface area contributed by atoms with Crippen molar-refractivity contribution in [1.82, 2.24) is 14.5 Å². The van der Waals surface area contributed by atoms with Crippen LogP contribution < -0.4 is 5.56 Å². The number of nitrogens with zero attached hydrogens (tertiary/aromatic N) is 4. The van der Waals surface area contributed by atoms with Gasteiger partial charge < -0.3 is 4.90 Å². The summed E-state index contributed by atoms with van der Waals surface area (Å²) in [5.41, 5.74) is 2.38. The van der Waals surface area contributed by atoms with Crippen LogP contribution in [0, 0.1) is 11.3 Å². The number of hydrogen-bond donors (Lipinski definition) is 0. The monoisotopic (exact) mass is 364 g/mol. The molecule has 5 nitrogen and oxygen atoms in total. The van der Waals surface area contributed by atoms with E-state index in [9.17, 15) is 4.79 Å². The molecule has 0 saturated heterocycles. The Morgan fingerprint density at radius 1 is 1.19 bits per heavy atom. The van der Waals surface area contributed by atoms with Gasteiger partial charge in [-0.05, 0) is 43.9 Å². The number of nitriles is 1. The molecule has 0 aliphatic carbocycles. The SMILES string of the molecule is CN(C)CCn1c(SCc2cccc(C#N)c2)nc2ccccc2c1=O. The number of likely N-dealkylation sites (N-methyl/N-ethyl adjacent to an activating group) is 1. The Bertz CT molecular complexity index is 1020. The number of hydrogen-bond acceptors (Lipinski definition) is 5. The Balaban J connectivity index is 1.95. The van der Waals surface area contributed by atoms with Crippen molar-refractivity contribution in [2.45, 2.75) is 17.5 Å². The van der Waals surface area contributed by atoms with E-state index in [1.54, 1.807) is 10.6 Å². The molecule has 0 aliphatic heterocycles. The van der Waals surface area contributed by atoms with Gasteiger partial charge in [0.2, 0.25) is 0 Å². The van der Waals surface area contributed by atoms with Crippen LogP contribution in [0.15, 0.2) is 58.5 Å². The predicted molar refractivity (Wildman–Crippen MR) is 105 cm³/mol. The lowest BCUT2D eigenvalue weighted by atomic mass is 10.2. The van der Waals surface area contributed by atoms with Crippen molar-refractivity contribution in [3.05, 3.63) is 70.0 Å². The summed E-state index contributed by atoms with van der Waals surface area (Å²) in [7, 11) is 3.97. The summed E-state index contributed by atoms with van der Waals surface area (Å²) in [4.78, 5) is 19.7. The van der Waals surface area contributed by atoms with Gasteiger partial charge in [-0.1, -0.05) is 36.0 Å². The Kier molecular flexibility index (Phi) is 5.71. The number of thioether (sulfide) groups is 1. The maximum Gasteiger partial charge on any atom is 0.262 e. The summed E-state index contributed by atoms with van der Waals surface area (Å²) < 4.78 is 1.75. The van der Waals surface area contributed by atoms with Crippen molar-refractivity contribution in [2.75, 3.05) is 20.6 Å². The standard InChI is InChI=1S/C20H20N4OS/c1-23(2)10-11-24-19(25)17-8-3-4-9-18(17)22-20(24)26-14-16-7-5-6-15(12-16)13-21/h3-9,12H,10-11,14H2,1-2H3. The second-order valence-electron chi connectivity index (χ2n) is 6.27. The van der Waals surface area contributed by atoms with Crippen LogP contribution in [0.4, 0.5) is 0 Å². The average molecular weight is 364 g/mol. The minimum atomic E-state index is -0.00859. The van der Waals surface area contributed by atoms with E-state index >= 15 is 0 Å². The molecule has 2 aromatic carbocycles. The highest BCUT2D eigenvalue weighted by molar-refractivity contribution is 7.98. The zero-order valence-corrected chi connectivity index (χ0v) is 15.7. The van der Waals surface area contributed by atoms with Gasteiger partial charge in [0.05, 0.1) is 22.5 Å². The first-order valence-electron chi connectivity index (χ1n) is 8.34. The summed E-state index contributed by atoms with van der Waals surface area (Å²) in [5.74, 6) is 0.655. The fourth-order valence-electron chi connectivity index (χ4n) is 2.63. The van der Waals surface area contributed by atoms with E-state index in [1.807, 2.05) is 61.5 Å². The van der Waals surface area contributed by atoms with Crippen LogP contribution in [0.25, 0.3) is 10.9 Å². The van der Waals surface area contributed by atoms with Crippen molar-refractivity contribution >= 4 is 22.7 Å². The van der Waals surface area contributed by atoms with Gasteiger partial charge in [-0.15, -0.1) is 0 Å². The Labute approximate surface area is 156 Å². The molecule has 6 heteroatoms. The highest BCUT2D eigenvalue weighted by Gasteiger charge is 2.12. The molecule has 0 fully saturated rings. The van der Waals surface area contributed by atoms with Crippen LogP contribution in [-0.2, 0) is 12.3 Å². The molecule has 0 saturated carbocycles. The molecule has 0 atom stereocenters. The fraction of sp³-hybridized carbons (Fsp3) is 0.250. The second kappa shape index (κ2) is 8.17. The van der Waals surface area contributed by atoms with E-state index in [0.29, 0.717) is 33.9 Å². The Morgan fingerprint density at radius 2 is 2.00 bits per heavy atom. The van der Waals surface area contributed by atoms with Gasteiger partial charge in [-0.3, -0.25) is 9.36 Å². The van der Waals surface area contributed by atoms with Gasteiger partial charge in [-0.25, -0.2) is 4.98 Å². The Hall–Kier alpha value is -2.62. The lowest BCUT2D eigenvalue weighted by molar-refractivity contribution is 0.371. The van der Waals surface area contributed by atoms with E-state index in [4.69, 9.17) is 10.2 Å². The molecule has 1 aromatic heterocycles. The third-order valence-electron chi connectivity index (χ3n) is 4.02. The summed E-state index contributed by atoms with van der Waals surface area (Å²) in [6, 6.07) is 17.1. The first-order valence-corrected chi connectivity index (χ1v) is 9.33. The van der Waals surface area contributed by atoms with Crippen molar-refractivity contribution in [3.8, 4) is 6.07 Å². The van der Waals surface area contributed by atoms with Crippen molar-refractivity contribution in [1.29, 1.82) is 5.26 Å². The average Bonchev–Trinajstić information content (AvgIpc) is 2.66. The first-order chi connectivity index (χ1) is 12.6. The fourth-order valence-corrected chi connectivity index (χ4v) is 3.60. The van der Waals surface area contributed by atoms with Crippen molar-refractivity contribution in [2.24, 2.45) is 0 Å². The minimum absolute atomic E-state index is 0.00859. The molecule has 0 spiro atoms. The van der Waals surface area contributed by atoms with E-state index in [1.165, 1.54) is 11.8 Å². The van der Waals surface area contributed by atoms with E-state index in [0.717, 1.165) is 12.1 Å². The summed E-state index contributed by atoms with van der Waals surface area (Å²) in [6.45, 7) is 1.35. The molecule has 0 amide bonds. The molecule has 0 radical (unpaired) electrons. The van der Waals surface area contributed by atoms with Crippen LogP contribution >= 0.6 is 11.8 Å². The predicted octanol–water partition coefficient (Wildman–Crippen LogP) is 3.12. The molecule has 0 aliphatic rings. The van der Waals surface area contributed by atoms with Crippen molar-refractivity contribution in [3.63, 3.8) is 0 Å². The van der Waals surface area contributed by atoms with E-state index < -0.39 is 0 Å². The van der Waals surface area contributed by atoms with Crippen LogP contribution in [-0.4, -0.2) is 35.1 Å². The molecule has 3 aromatic rings. The minimum Gasteiger partial charge on any atom is -0.308 e. The van der Waals surface area contributed by atoms with E-state index in [2.05, 4.69) is 6.07 Å². The third-order valence-corrected chi connectivity index (χ3v) is 5.07. The number of rotatable bonds is 6. The zero-order chi connectivity index (χ0) is 18.5. The number of fused-ring (bicyclic) bond motifs is 1. The number of aromatic nitrogens is 2. The summed E-state index contributed by atoms with van der Waals surface area (Å²) >= 11 is 1.52. The zero-order valence-electron chi connectivity index (χ0n) is 14.8. The van der Waals surface area contributed by atoms with Crippen LogP contribution in [0.3, 0.4) is 0 Å². The maximum atomic E-state index is 12.9. The highest BCUT2D eigenvalue weighted by Crippen LogP contribution is 2.22. The molecule has 132 valence electrons. The van der Waals surface area contributed by atoms with E-state index in [-0.39, 0.29) is 5.56 Å². The van der Waals surface area contributed by atoms with Gasteiger partial charge in [0.25, 0.3) is 5.56 Å². The molecule has 0 bridgehead atoms. The second-order valence-corrected chi connectivity index (χ2v) is 7.21. The first kappa shape index (κ1) is 18.2. The van der Waals surface area contributed by atoms with Gasteiger partial charge in [-0.2, -0.15) is 5.26 Å². The summed E-state index contributed by atoms with van der Waals surface area (Å²) in [6.07, 6.45) is 0. The van der Waals surface area contributed by atoms with Gasteiger partial charge in [0, 0.05) is 18.8 Å². The Morgan fingerprint density at radius 3 is 2.77 bits per heavy atom. The topological polar surface area (TPSA) is 61.9 Å². The maximum absolute atomic E-state index is 12.9. The molecule has 1 heterocycles. The smallest absolute Gasteiger partial charge is 0.262 e. The normalized spacial score (nSPS) is 11.0. The van der Waals surface area contributed by atoms with Gasteiger partial charge in [0.1, 0.15) is 0 Å². The molecule has 3 rings (SSSR count).